The average molecular weight is 695 g/mol. The minimum Gasteiger partial charge on any atom is -0.456 e. The van der Waals surface area contributed by atoms with Crippen LogP contribution >= 0.6 is 11.3 Å². The lowest BCUT2D eigenvalue weighted by Gasteiger charge is -2.28. The number of hydrogen-bond acceptors (Lipinski definition) is 4. The van der Waals surface area contributed by atoms with Gasteiger partial charge in [0.15, 0.2) is 0 Å². The van der Waals surface area contributed by atoms with Crippen molar-refractivity contribution in [2.75, 3.05) is 4.90 Å². The highest BCUT2D eigenvalue weighted by molar-refractivity contribution is 7.19. The van der Waals surface area contributed by atoms with Crippen molar-refractivity contribution in [1.82, 2.24) is 4.98 Å². The molecule has 0 aliphatic heterocycles. The Morgan fingerprint density at radius 2 is 1.15 bits per heavy atom. The molecule has 0 unspecified atom stereocenters. The summed E-state index contributed by atoms with van der Waals surface area (Å²) in [6.07, 6.45) is 0. The average Bonchev–Trinajstić information content (AvgIpc) is 3.91. The van der Waals surface area contributed by atoms with Crippen molar-refractivity contribution < 1.29 is 4.42 Å². The van der Waals surface area contributed by atoms with Crippen molar-refractivity contribution in [3.63, 3.8) is 0 Å². The first-order valence-corrected chi connectivity index (χ1v) is 18.7. The van der Waals surface area contributed by atoms with E-state index >= 15 is 0 Å². The van der Waals surface area contributed by atoms with E-state index in [2.05, 4.69) is 175 Å². The van der Waals surface area contributed by atoms with E-state index in [0.717, 1.165) is 66.4 Å². The molecule has 10 aromatic rings. The van der Waals surface area contributed by atoms with Gasteiger partial charge in [-0.25, -0.2) is 4.98 Å². The zero-order valence-corrected chi connectivity index (χ0v) is 29.3. The Morgan fingerprint density at radius 1 is 0.453 bits per heavy atom. The first kappa shape index (κ1) is 29.9. The van der Waals surface area contributed by atoms with Gasteiger partial charge >= 0.3 is 0 Å². The molecule has 0 fully saturated rings. The minimum atomic E-state index is 0.866. The lowest BCUT2D eigenvalue weighted by atomic mass is 9.99. The molecule has 0 saturated heterocycles. The van der Waals surface area contributed by atoms with Crippen molar-refractivity contribution in [1.29, 1.82) is 0 Å². The first-order chi connectivity index (χ1) is 26.3. The summed E-state index contributed by atoms with van der Waals surface area (Å²) in [5.41, 5.74) is 14.3. The van der Waals surface area contributed by atoms with Gasteiger partial charge in [0, 0.05) is 50.5 Å². The van der Waals surface area contributed by atoms with Crippen LogP contribution in [-0.2, 0) is 0 Å². The monoisotopic (exact) mass is 694 g/mol. The molecule has 2 aromatic heterocycles. The predicted molar refractivity (Wildman–Crippen MR) is 222 cm³/mol. The number of nitrogens with zero attached hydrogens (tertiary/aromatic N) is 2. The summed E-state index contributed by atoms with van der Waals surface area (Å²) in [6.45, 7) is 0. The Balaban J connectivity index is 1.11. The maximum absolute atomic E-state index is 6.45. The largest absolute Gasteiger partial charge is 0.456 e. The van der Waals surface area contributed by atoms with Crippen LogP contribution in [0.5, 0.6) is 0 Å². The van der Waals surface area contributed by atoms with Gasteiger partial charge < -0.3 is 9.32 Å². The number of hydrogen-bond donors (Lipinski definition) is 0. The molecule has 0 atom stereocenters. The zero-order chi connectivity index (χ0) is 34.9. The fourth-order valence-corrected chi connectivity index (χ4v) is 9.10. The van der Waals surface area contributed by atoms with Crippen molar-refractivity contribution in [2.45, 2.75) is 0 Å². The van der Waals surface area contributed by atoms with Gasteiger partial charge in [-0.2, -0.15) is 0 Å². The van der Waals surface area contributed by atoms with Crippen LogP contribution in [0, 0.1) is 0 Å². The van der Waals surface area contributed by atoms with E-state index in [9.17, 15) is 0 Å². The van der Waals surface area contributed by atoms with Gasteiger partial charge in [-0.05, 0) is 69.9 Å². The van der Waals surface area contributed by atoms with E-state index in [1.165, 1.54) is 37.9 Å². The van der Waals surface area contributed by atoms with E-state index < -0.39 is 0 Å². The van der Waals surface area contributed by atoms with Gasteiger partial charge in [0.2, 0.25) is 0 Å². The van der Waals surface area contributed by atoms with Crippen LogP contribution in [0.25, 0.3) is 87.2 Å². The second-order valence-electron chi connectivity index (χ2n) is 13.5. The topological polar surface area (TPSA) is 29.3 Å². The summed E-state index contributed by atoms with van der Waals surface area (Å²) in [4.78, 5) is 8.93. The van der Waals surface area contributed by atoms with Crippen molar-refractivity contribution in [3.8, 4) is 54.5 Å². The molecule has 53 heavy (non-hydrogen) atoms. The first-order valence-electron chi connectivity index (χ1n) is 17.9. The number of aromatic nitrogens is 1. The highest BCUT2D eigenvalue weighted by Gasteiger charge is 2.29. The van der Waals surface area contributed by atoms with Crippen LogP contribution in [0.2, 0.25) is 0 Å². The second-order valence-corrected chi connectivity index (χ2v) is 14.5. The van der Waals surface area contributed by atoms with E-state index in [1.54, 1.807) is 11.3 Å². The van der Waals surface area contributed by atoms with Gasteiger partial charge in [0.1, 0.15) is 16.2 Å². The maximum atomic E-state index is 6.45. The molecule has 4 heteroatoms. The lowest BCUT2D eigenvalue weighted by Crippen LogP contribution is -2.11. The number of benzene rings is 8. The summed E-state index contributed by atoms with van der Waals surface area (Å²) >= 11 is 1.78. The summed E-state index contributed by atoms with van der Waals surface area (Å²) < 4.78 is 6.45. The van der Waals surface area contributed by atoms with Crippen LogP contribution in [0.15, 0.2) is 186 Å². The molecule has 0 spiro atoms. The van der Waals surface area contributed by atoms with E-state index in [4.69, 9.17) is 9.40 Å². The fraction of sp³-hybridized carbons (Fsp3) is 0. The minimum absolute atomic E-state index is 0.866. The number of anilines is 3. The molecule has 0 radical (unpaired) electrons. The molecular weight excluding hydrogens is 665 g/mol. The Hall–Kier alpha value is -6.75. The normalized spacial score (nSPS) is 11.8. The molecule has 1 aliphatic carbocycles. The van der Waals surface area contributed by atoms with Gasteiger partial charge in [0.25, 0.3) is 0 Å². The van der Waals surface area contributed by atoms with Gasteiger partial charge in [-0.15, -0.1) is 11.3 Å². The predicted octanol–water partition coefficient (Wildman–Crippen LogP) is 14.3. The zero-order valence-electron chi connectivity index (χ0n) is 28.5. The van der Waals surface area contributed by atoms with Gasteiger partial charge in [0.05, 0.1) is 16.3 Å². The molecule has 3 nitrogen and oxygen atoms in total. The number of fused-ring (bicyclic) bond motifs is 6. The summed E-state index contributed by atoms with van der Waals surface area (Å²) in [6, 6.07) is 64.8. The molecule has 0 N–H and O–H groups in total. The molecule has 0 saturated carbocycles. The van der Waals surface area contributed by atoms with E-state index in [0.29, 0.717) is 0 Å². The van der Waals surface area contributed by atoms with Gasteiger partial charge in [-0.3, -0.25) is 0 Å². The summed E-state index contributed by atoms with van der Waals surface area (Å²) in [5, 5.41) is 5.72. The maximum Gasteiger partial charge on any atom is 0.137 e. The molecule has 2 heterocycles. The molecule has 0 bridgehead atoms. The third-order valence-electron chi connectivity index (χ3n) is 10.4. The van der Waals surface area contributed by atoms with Crippen molar-refractivity contribution in [3.05, 3.63) is 182 Å². The number of furan rings is 1. The van der Waals surface area contributed by atoms with Crippen LogP contribution < -0.4 is 4.90 Å². The van der Waals surface area contributed by atoms with Crippen LogP contribution in [0.1, 0.15) is 0 Å². The van der Waals surface area contributed by atoms with Gasteiger partial charge in [-0.1, -0.05) is 133 Å². The summed E-state index contributed by atoms with van der Waals surface area (Å²) in [7, 11) is 0. The fourth-order valence-electron chi connectivity index (χ4n) is 8.00. The Kier molecular flexibility index (Phi) is 6.73. The Bertz CT molecular complexity index is 3010. The molecule has 248 valence electrons. The quantitative estimate of drug-likeness (QED) is 0.173. The third-order valence-corrected chi connectivity index (χ3v) is 11.6. The van der Waals surface area contributed by atoms with E-state index in [-0.39, 0.29) is 0 Å². The van der Waals surface area contributed by atoms with E-state index in [1.807, 2.05) is 12.1 Å². The van der Waals surface area contributed by atoms with Crippen LogP contribution in [0.3, 0.4) is 0 Å². The van der Waals surface area contributed by atoms with Crippen molar-refractivity contribution in [2.24, 2.45) is 0 Å². The molecule has 1 aliphatic rings. The highest BCUT2D eigenvalue weighted by Crippen LogP contribution is 2.54. The smallest absolute Gasteiger partial charge is 0.137 e. The number of para-hydroxylation sites is 2. The molecular formula is C49H30N2OS. The molecule has 0 amide bonds. The number of rotatable bonds is 6. The molecule has 8 aromatic carbocycles. The third kappa shape index (κ3) is 4.84. The van der Waals surface area contributed by atoms with Crippen molar-refractivity contribution >= 4 is 61.1 Å². The summed E-state index contributed by atoms with van der Waals surface area (Å²) in [5.74, 6) is 0. The standard InChI is InChI=1S/C49H30N2OS/c1-3-13-31(14-4-1)33-17-11-19-35(27-33)49-50-47-41-22-12-18-34-28-37(29-42(46(34)41)48(47)53-49)51(43-23-9-7-20-38(43)32-15-5-2-6-16-32)36-25-26-40-39-21-8-10-24-44(39)52-45(40)30-36/h1-30H. The second kappa shape index (κ2) is 11.9. The Labute approximate surface area is 310 Å². The van der Waals surface area contributed by atoms with Crippen LogP contribution in [-0.4, -0.2) is 4.98 Å². The lowest BCUT2D eigenvalue weighted by molar-refractivity contribution is 0.669. The number of thiazole rings is 1. The highest BCUT2D eigenvalue weighted by atomic mass is 32.1. The van der Waals surface area contributed by atoms with Crippen LogP contribution in [0.4, 0.5) is 17.1 Å². The molecule has 11 rings (SSSR count). The Morgan fingerprint density at radius 3 is 2.04 bits per heavy atom. The SMILES string of the molecule is c1ccc(-c2cccc(-c3nc4c(s3)-c3cc(N(c5ccc6c(c5)oc5ccccc56)c5ccccc5-c5ccccc5)cc5cccc-4c35)c2)cc1.